The molecule has 3 aromatic rings. The first-order valence-electron chi connectivity index (χ1n) is 8.24. The summed E-state index contributed by atoms with van der Waals surface area (Å²) < 4.78 is 5.23. The maximum absolute atomic E-state index is 12.7. The van der Waals surface area contributed by atoms with Gasteiger partial charge in [-0.1, -0.05) is 17.8 Å². The van der Waals surface area contributed by atoms with E-state index in [9.17, 15) is 4.79 Å². The van der Waals surface area contributed by atoms with E-state index < -0.39 is 0 Å². The van der Waals surface area contributed by atoms with Gasteiger partial charge in [-0.25, -0.2) is 4.98 Å². The summed E-state index contributed by atoms with van der Waals surface area (Å²) in [6.07, 6.45) is 2.13. The van der Waals surface area contributed by atoms with Gasteiger partial charge in [0.1, 0.15) is 5.75 Å². The number of ether oxygens (including phenoxy) is 1. The molecule has 1 aliphatic rings. The number of rotatable bonds is 5. The second-order valence-electron chi connectivity index (χ2n) is 5.97. The Labute approximate surface area is 154 Å². The van der Waals surface area contributed by atoms with Crippen LogP contribution in [0.5, 0.6) is 5.75 Å². The number of hydrogen-bond acceptors (Lipinski definition) is 5. The molecule has 5 nitrogen and oxygen atoms in total. The van der Waals surface area contributed by atoms with Gasteiger partial charge in [0.2, 0.25) is 5.91 Å². The van der Waals surface area contributed by atoms with Crippen molar-refractivity contribution in [1.29, 1.82) is 0 Å². The van der Waals surface area contributed by atoms with Crippen LogP contribution < -0.4 is 4.74 Å². The predicted molar refractivity (Wildman–Crippen MR) is 101 cm³/mol. The van der Waals surface area contributed by atoms with Gasteiger partial charge in [-0.05, 0) is 36.4 Å². The van der Waals surface area contributed by atoms with E-state index in [4.69, 9.17) is 4.74 Å². The van der Waals surface area contributed by atoms with Crippen LogP contribution in [0, 0.1) is 0 Å². The summed E-state index contributed by atoms with van der Waals surface area (Å²) in [7, 11) is 1.64. The van der Waals surface area contributed by atoms with Crippen molar-refractivity contribution in [2.45, 2.75) is 24.0 Å². The number of nitrogens with one attached hydrogen (secondary N) is 1. The first kappa shape index (κ1) is 16.5. The van der Waals surface area contributed by atoms with Crippen LogP contribution in [0.1, 0.15) is 23.8 Å². The van der Waals surface area contributed by atoms with Crippen molar-refractivity contribution < 1.29 is 9.53 Å². The number of aromatic nitrogens is 2. The lowest BCUT2D eigenvalue weighted by Crippen LogP contribution is -2.31. The summed E-state index contributed by atoms with van der Waals surface area (Å²) in [5, 5.41) is 2.84. The lowest BCUT2D eigenvalue weighted by atomic mass is 10.2. The van der Waals surface area contributed by atoms with Crippen LogP contribution in [0.25, 0.3) is 11.0 Å². The monoisotopic (exact) mass is 373 g/mol. The molecule has 1 aromatic carbocycles. The molecule has 0 spiro atoms. The largest absolute Gasteiger partial charge is 0.497 e. The Hall–Kier alpha value is -1.99. The molecule has 1 N–H and O–H groups in total. The Kier molecular flexibility index (Phi) is 4.67. The summed E-state index contributed by atoms with van der Waals surface area (Å²) in [5.41, 5.74) is 1.81. The van der Waals surface area contributed by atoms with Gasteiger partial charge in [0.05, 0.1) is 29.9 Å². The van der Waals surface area contributed by atoms with E-state index >= 15 is 0 Å². The Morgan fingerprint density at radius 3 is 3.20 bits per heavy atom. The molecule has 25 heavy (non-hydrogen) atoms. The summed E-state index contributed by atoms with van der Waals surface area (Å²) >= 11 is 3.19. The highest BCUT2D eigenvalue weighted by Gasteiger charge is 2.30. The predicted octanol–water partition coefficient (Wildman–Crippen LogP) is 4.09. The number of hydrogen-bond donors (Lipinski definition) is 1. The third-order valence-electron chi connectivity index (χ3n) is 4.44. The van der Waals surface area contributed by atoms with E-state index in [1.54, 1.807) is 18.4 Å². The molecule has 1 aliphatic heterocycles. The minimum atomic E-state index is 0.180. The van der Waals surface area contributed by atoms with Crippen LogP contribution in [-0.4, -0.2) is 40.2 Å². The number of nitrogens with zero attached hydrogens (tertiary/aromatic N) is 2. The number of H-pyrrole nitrogens is 1. The zero-order valence-electron chi connectivity index (χ0n) is 13.9. The Morgan fingerprint density at radius 2 is 2.40 bits per heavy atom. The highest BCUT2D eigenvalue weighted by atomic mass is 32.2. The van der Waals surface area contributed by atoms with E-state index in [1.807, 2.05) is 23.1 Å². The minimum Gasteiger partial charge on any atom is -0.497 e. The van der Waals surface area contributed by atoms with Crippen molar-refractivity contribution in [3.8, 4) is 5.75 Å². The van der Waals surface area contributed by atoms with Gasteiger partial charge in [-0.3, -0.25) is 4.79 Å². The maximum atomic E-state index is 12.7. The fourth-order valence-electron chi connectivity index (χ4n) is 3.22. The second kappa shape index (κ2) is 7.09. The number of imidazole rings is 1. The molecular weight excluding hydrogens is 354 g/mol. The first-order valence-corrected chi connectivity index (χ1v) is 10.1. The van der Waals surface area contributed by atoms with Gasteiger partial charge in [-0.15, -0.1) is 11.3 Å². The van der Waals surface area contributed by atoms with Crippen LogP contribution in [0.2, 0.25) is 0 Å². The van der Waals surface area contributed by atoms with Crippen molar-refractivity contribution in [1.82, 2.24) is 14.9 Å². The number of carbonyl (C=O) groups is 1. The van der Waals surface area contributed by atoms with Crippen molar-refractivity contribution in [3.05, 3.63) is 40.6 Å². The highest BCUT2D eigenvalue weighted by molar-refractivity contribution is 7.99. The van der Waals surface area contributed by atoms with Crippen molar-refractivity contribution in [2.24, 2.45) is 0 Å². The van der Waals surface area contributed by atoms with Crippen molar-refractivity contribution >= 4 is 40.0 Å². The topological polar surface area (TPSA) is 58.2 Å². The quantitative estimate of drug-likeness (QED) is 0.685. The molecule has 7 heteroatoms. The van der Waals surface area contributed by atoms with Crippen LogP contribution in [-0.2, 0) is 4.79 Å². The molecule has 1 unspecified atom stereocenters. The molecule has 0 radical (unpaired) electrons. The lowest BCUT2D eigenvalue weighted by Gasteiger charge is -2.23. The van der Waals surface area contributed by atoms with E-state index in [-0.39, 0.29) is 11.9 Å². The number of fused-ring (bicyclic) bond motifs is 1. The molecule has 1 fully saturated rings. The SMILES string of the molecule is COc1ccc2nc(SCC(=O)N3CCCC3c3cccs3)[nH]c2c1. The Morgan fingerprint density at radius 1 is 1.48 bits per heavy atom. The summed E-state index contributed by atoms with van der Waals surface area (Å²) in [4.78, 5) is 23.8. The third kappa shape index (κ3) is 3.39. The fourth-order valence-corrected chi connectivity index (χ4v) is 4.86. The van der Waals surface area contributed by atoms with Crippen molar-refractivity contribution in [2.75, 3.05) is 19.4 Å². The lowest BCUT2D eigenvalue weighted by molar-refractivity contribution is -0.129. The number of likely N-dealkylation sites (tertiary alicyclic amines) is 1. The molecule has 3 heterocycles. The van der Waals surface area contributed by atoms with Crippen LogP contribution in [0.3, 0.4) is 0 Å². The Balaban J connectivity index is 1.43. The molecule has 2 aromatic heterocycles. The van der Waals surface area contributed by atoms with E-state index in [0.717, 1.165) is 41.3 Å². The standard InChI is InChI=1S/C18H19N3O2S2/c1-23-12-6-7-13-14(10-12)20-18(19-13)25-11-17(22)21-8-2-4-15(21)16-5-3-9-24-16/h3,5-7,9-10,15H,2,4,8,11H2,1H3,(H,19,20). The smallest absolute Gasteiger partial charge is 0.233 e. The van der Waals surface area contributed by atoms with Gasteiger partial charge in [0, 0.05) is 17.5 Å². The van der Waals surface area contributed by atoms with E-state index in [2.05, 4.69) is 27.5 Å². The second-order valence-corrected chi connectivity index (χ2v) is 7.92. The van der Waals surface area contributed by atoms with Gasteiger partial charge in [-0.2, -0.15) is 0 Å². The number of aromatic amines is 1. The maximum Gasteiger partial charge on any atom is 0.233 e. The van der Waals surface area contributed by atoms with E-state index in [0.29, 0.717) is 5.75 Å². The number of thioether (sulfide) groups is 1. The molecule has 0 bridgehead atoms. The number of amides is 1. The fraction of sp³-hybridized carbons (Fsp3) is 0.333. The number of methoxy groups -OCH3 is 1. The number of thiophene rings is 1. The third-order valence-corrected chi connectivity index (χ3v) is 6.28. The van der Waals surface area contributed by atoms with Crippen LogP contribution >= 0.6 is 23.1 Å². The summed E-state index contributed by atoms with van der Waals surface area (Å²) in [5.74, 6) is 1.37. The van der Waals surface area contributed by atoms with Gasteiger partial charge >= 0.3 is 0 Å². The number of carbonyl (C=O) groups excluding carboxylic acids is 1. The molecule has 0 saturated carbocycles. The molecule has 1 saturated heterocycles. The molecule has 4 rings (SSSR count). The van der Waals surface area contributed by atoms with Crippen LogP contribution in [0.15, 0.2) is 40.9 Å². The molecular formula is C18H19N3O2S2. The Bertz CT molecular complexity index is 876. The van der Waals surface area contributed by atoms with Gasteiger partial charge < -0.3 is 14.6 Å². The zero-order chi connectivity index (χ0) is 17.2. The minimum absolute atomic E-state index is 0.180. The number of benzene rings is 1. The summed E-state index contributed by atoms with van der Waals surface area (Å²) in [6.45, 7) is 0.847. The van der Waals surface area contributed by atoms with Gasteiger partial charge in [0.25, 0.3) is 0 Å². The highest BCUT2D eigenvalue weighted by Crippen LogP contribution is 2.35. The van der Waals surface area contributed by atoms with Crippen molar-refractivity contribution in [3.63, 3.8) is 0 Å². The normalized spacial score (nSPS) is 17.3. The first-order chi connectivity index (χ1) is 12.2. The molecule has 130 valence electrons. The van der Waals surface area contributed by atoms with Gasteiger partial charge in [0.15, 0.2) is 5.16 Å². The average Bonchev–Trinajstić information content (AvgIpc) is 3.38. The molecule has 1 atom stereocenters. The molecule has 1 amide bonds. The average molecular weight is 374 g/mol. The van der Waals surface area contributed by atoms with E-state index in [1.165, 1.54) is 16.6 Å². The summed E-state index contributed by atoms with van der Waals surface area (Å²) in [6, 6.07) is 10.1. The van der Waals surface area contributed by atoms with Crippen LogP contribution in [0.4, 0.5) is 0 Å². The zero-order valence-corrected chi connectivity index (χ0v) is 15.5. The molecule has 0 aliphatic carbocycles.